The van der Waals surface area contributed by atoms with Gasteiger partial charge in [0.1, 0.15) is 0 Å². The van der Waals surface area contributed by atoms with Crippen molar-refractivity contribution in [1.29, 1.82) is 0 Å². The topological polar surface area (TPSA) is 0 Å². The largest absolute Gasteiger partial charge is 0.119 e. The van der Waals surface area contributed by atoms with Crippen LogP contribution in [-0.4, -0.2) is 4.87 Å². The molecular weight excluding hydrogens is 216 g/mol. The van der Waals surface area contributed by atoms with Gasteiger partial charge in [0, 0.05) is 0 Å². The van der Waals surface area contributed by atoms with Gasteiger partial charge in [-0.25, -0.2) is 0 Å². The van der Waals surface area contributed by atoms with E-state index in [9.17, 15) is 0 Å². The summed E-state index contributed by atoms with van der Waals surface area (Å²) in [6.07, 6.45) is 16.5. The highest BCUT2D eigenvalue weighted by molar-refractivity contribution is 6.24. The van der Waals surface area contributed by atoms with Gasteiger partial charge in [0.2, 0.25) is 0 Å². The summed E-state index contributed by atoms with van der Waals surface area (Å²) >= 11 is 7.09. The van der Waals surface area contributed by atoms with Gasteiger partial charge in [0.25, 0.3) is 0 Å². The van der Waals surface area contributed by atoms with Crippen molar-refractivity contribution in [2.75, 3.05) is 0 Å². The lowest BCUT2D eigenvalue weighted by Gasteiger charge is -2.51. The first-order chi connectivity index (χ1) is 7.72. The molecule has 0 atom stereocenters. The van der Waals surface area contributed by atoms with E-state index in [0.717, 1.165) is 0 Å². The monoisotopic (exact) mass is 242 g/mol. The third kappa shape index (κ3) is 2.28. The fourth-order valence-corrected chi connectivity index (χ4v) is 4.82. The summed E-state index contributed by atoms with van der Waals surface area (Å²) in [7, 11) is 0. The van der Waals surface area contributed by atoms with E-state index >= 15 is 0 Å². The third-order valence-electron chi connectivity index (χ3n) is 5.14. The van der Waals surface area contributed by atoms with E-state index < -0.39 is 0 Å². The molecule has 0 spiro atoms. The van der Waals surface area contributed by atoms with Crippen molar-refractivity contribution in [1.82, 2.24) is 0 Å². The minimum atomic E-state index is 0.168. The molecule has 0 heterocycles. The minimum Gasteiger partial charge on any atom is -0.119 e. The van der Waals surface area contributed by atoms with Crippen molar-refractivity contribution in [3.63, 3.8) is 0 Å². The number of halogens is 1. The van der Waals surface area contributed by atoms with Crippen LogP contribution in [0.2, 0.25) is 0 Å². The van der Waals surface area contributed by atoms with Crippen LogP contribution in [0.1, 0.15) is 84.0 Å². The molecule has 0 radical (unpaired) electrons. The second-order valence-corrected chi connectivity index (χ2v) is 6.84. The fourth-order valence-electron chi connectivity index (χ4n) is 4.27. The number of alkyl halides is 1. The van der Waals surface area contributed by atoms with Crippen LogP contribution in [-0.2, 0) is 0 Å². The van der Waals surface area contributed by atoms with Crippen molar-refractivity contribution >= 4 is 11.6 Å². The maximum Gasteiger partial charge on any atom is 0.0502 e. The molecule has 0 aromatic rings. The summed E-state index contributed by atoms with van der Waals surface area (Å²) in [4.78, 5) is 0.168. The molecule has 0 N–H and O–H groups in total. The third-order valence-corrected chi connectivity index (χ3v) is 5.91. The van der Waals surface area contributed by atoms with Crippen LogP contribution < -0.4 is 0 Å². The molecule has 2 saturated carbocycles. The van der Waals surface area contributed by atoms with Crippen LogP contribution >= 0.6 is 11.6 Å². The molecule has 0 aliphatic heterocycles. The number of hydrogen-bond acceptors (Lipinski definition) is 0. The van der Waals surface area contributed by atoms with E-state index in [4.69, 9.17) is 11.6 Å². The second-order valence-electron chi connectivity index (χ2n) is 6.12. The van der Waals surface area contributed by atoms with E-state index in [-0.39, 0.29) is 4.87 Å². The van der Waals surface area contributed by atoms with Gasteiger partial charge in [-0.3, -0.25) is 0 Å². The zero-order chi connectivity index (χ0) is 11.5. The zero-order valence-corrected chi connectivity index (χ0v) is 11.6. The van der Waals surface area contributed by atoms with Crippen LogP contribution in [0.15, 0.2) is 0 Å². The molecule has 2 aliphatic carbocycles. The van der Waals surface area contributed by atoms with Crippen LogP contribution in [0.3, 0.4) is 0 Å². The van der Waals surface area contributed by atoms with Gasteiger partial charge in [0.15, 0.2) is 0 Å². The van der Waals surface area contributed by atoms with Crippen LogP contribution in [0.25, 0.3) is 0 Å². The Hall–Kier alpha value is 0.290. The number of rotatable bonds is 3. The van der Waals surface area contributed by atoms with Crippen LogP contribution in [0, 0.1) is 5.41 Å². The molecule has 2 rings (SSSR count). The smallest absolute Gasteiger partial charge is 0.0502 e. The van der Waals surface area contributed by atoms with Crippen molar-refractivity contribution in [2.45, 2.75) is 88.8 Å². The summed E-state index contributed by atoms with van der Waals surface area (Å²) in [5.41, 5.74) is 0.502. The van der Waals surface area contributed by atoms with Gasteiger partial charge in [-0.1, -0.05) is 51.9 Å². The van der Waals surface area contributed by atoms with E-state index in [1.54, 1.807) is 0 Å². The Labute approximate surface area is 106 Å². The predicted molar refractivity (Wildman–Crippen MR) is 72.1 cm³/mol. The Balaban J connectivity index is 2.15. The van der Waals surface area contributed by atoms with Gasteiger partial charge in [-0.2, -0.15) is 0 Å². The predicted octanol–water partition coefficient (Wildman–Crippen LogP) is 5.68. The molecule has 0 nitrogen and oxygen atoms in total. The highest BCUT2D eigenvalue weighted by Crippen LogP contribution is 2.57. The van der Waals surface area contributed by atoms with Crippen molar-refractivity contribution in [3.8, 4) is 0 Å². The average molecular weight is 243 g/mol. The molecule has 0 saturated heterocycles. The molecular formula is C15H27Cl. The lowest BCUT2D eigenvalue weighted by atomic mass is 9.59. The summed E-state index contributed by atoms with van der Waals surface area (Å²) in [5.74, 6) is 0. The van der Waals surface area contributed by atoms with Gasteiger partial charge >= 0.3 is 0 Å². The highest BCUT2D eigenvalue weighted by Gasteiger charge is 2.49. The fraction of sp³-hybridized carbons (Fsp3) is 1.00. The molecule has 0 bridgehead atoms. The quantitative estimate of drug-likeness (QED) is 0.559. The lowest BCUT2D eigenvalue weighted by Crippen LogP contribution is -2.46. The average Bonchev–Trinajstić information content (AvgIpc) is 2.31. The molecule has 0 aromatic carbocycles. The van der Waals surface area contributed by atoms with Crippen molar-refractivity contribution < 1.29 is 0 Å². The Bertz CT molecular complexity index is 204. The summed E-state index contributed by atoms with van der Waals surface area (Å²) < 4.78 is 0. The first-order valence-corrected chi connectivity index (χ1v) is 7.79. The van der Waals surface area contributed by atoms with E-state index in [0.29, 0.717) is 5.41 Å². The first kappa shape index (κ1) is 12.7. The molecule has 2 aliphatic rings. The van der Waals surface area contributed by atoms with Crippen LogP contribution in [0.4, 0.5) is 0 Å². The van der Waals surface area contributed by atoms with Gasteiger partial charge in [-0.15, -0.1) is 11.6 Å². The van der Waals surface area contributed by atoms with Crippen molar-refractivity contribution in [3.05, 3.63) is 0 Å². The molecule has 0 amide bonds. The molecule has 1 heteroatoms. The summed E-state index contributed by atoms with van der Waals surface area (Å²) in [6, 6.07) is 0. The van der Waals surface area contributed by atoms with Gasteiger partial charge in [-0.05, 0) is 37.5 Å². The Morgan fingerprint density at radius 2 is 1.31 bits per heavy atom. The molecule has 16 heavy (non-hydrogen) atoms. The normalized spacial score (nSPS) is 28.9. The molecule has 0 unspecified atom stereocenters. The van der Waals surface area contributed by atoms with E-state index in [1.165, 1.54) is 77.0 Å². The highest BCUT2D eigenvalue weighted by atomic mass is 35.5. The van der Waals surface area contributed by atoms with E-state index in [1.807, 2.05) is 0 Å². The van der Waals surface area contributed by atoms with Crippen LogP contribution in [0.5, 0.6) is 0 Å². The molecule has 2 fully saturated rings. The van der Waals surface area contributed by atoms with E-state index in [2.05, 4.69) is 6.92 Å². The first-order valence-electron chi connectivity index (χ1n) is 7.41. The second kappa shape index (κ2) is 5.29. The Morgan fingerprint density at radius 3 is 1.81 bits per heavy atom. The summed E-state index contributed by atoms with van der Waals surface area (Å²) in [6.45, 7) is 2.33. The molecule has 94 valence electrons. The number of hydrogen-bond donors (Lipinski definition) is 0. The zero-order valence-electron chi connectivity index (χ0n) is 10.9. The molecule has 0 aromatic heterocycles. The summed E-state index contributed by atoms with van der Waals surface area (Å²) in [5, 5.41) is 0. The maximum absolute atomic E-state index is 7.09. The van der Waals surface area contributed by atoms with Gasteiger partial charge in [0.05, 0.1) is 4.87 Å². The maximum atomic E-state index is 7.09. The van der Waals surface area contributed by atoms with Gasteiger partial charge < -0.3 is 0 Å². The lowest BCUT2D eigenvalue weighted by molar-refractivity contribution is 0.0779. The SMILES string of the molecule is CCCC1(C2(Cl)CCCCC2)CCCCC1. The standard InChI is InChI=1S/C15H27Cl/c1-2-9-14(10-5-3-6-11-14)15(16)12-7-4-8-13-15/h2-13H2,1H3. The Kier molecular flexibility index (Phi) is 4.21. The minimum absolute atomic E-state index is 0.168. The van der Waals surface area contributed by atoms with Crippen molar-refractivity contribution in [2.24, 2.45) is 5.41 Å². The Morgan fingerprint density at radius 1 is 0.812 bits per heavy atom.